The molecule has 0 aromatic carbocycles. The molecule has 2 atom stereocenters. The molecule has 0 rings (SSSR count). The fourth-order valence-electron chi connectivity index (χ4n) is 2.14. The molecule has 0 aliphatic carbocycles. The van der Waals surface area contributed by atoms with Crippen LogP contribution in [0.3, 0.4) is 0 Å². The molecule has 17 heavy (non-hydrogen) atoms. The Bertz CT molecular complexity index is 192. The van der Waals surface area contributed by atoms with Gasteiger partial charge < -0.3 is 5.32 Å². The van der Waals surface area contributed by atoms with Gasteiger partial charge in [-0.15, -0.1) is 6.42 Å². The topological polar surface area (TPSA) is 12.0 Å². The van der Waals surface area contributed by atoms with E-state index in [0.717, 1.165) is 0 Å². The molecular weight excluding hydrogens is 206 g/mol. The lowest BCUT2D eigenvalue weighted by atomic mass is 10.0. The fourth-order valence-corrected chi connectivity index (χ4v) is 2.14. The maximum Gasteiger partial charge on any atom is 0.0660 e. The first-order valence-corrected chi connectivity index (χ1v) is 7.42. The molecule has 0 saturated heterocycles. The van der Waals surface area contributed by atoms with Gasteiger partial charge >= 0.3 is 0 Å². The lowest BCUT2D eigenvalue weighted by Gasteiger charge is -2.15. The van der Waals surface area contributed by atoms with Gasteiger partial charge in [0.05, 0.1) is 6.04 Å². The quantitative estimate of drug-likeness (QED) is 0.411. The Hall–Kier alpha value is -0.480. The van der Waals surface area contributed by atoms with Crippen LogP contribution in [-0.2, 0) is 0 Å². The van der Waals surface area contributed by atoms with Gasteiger partial charge in [-0.05, 0) is 20.3 Å². The standard InChI is InChI=1S/C16H31N/c1-5-7-8-9-10-11-12-13-14-16(4)17-15(3)6-2/h2,15-17H,5,7-14H2,1,3-4H3. The maximum absolute atomic E-state index is 5.34. The normalized spacial score (nSPS) is 14.2. The number of terminal acetylenes is 1. The SMILES string of the molecule is C#CC(C)NC(C)CCCCCCCCCC. The Morgan fingerprint density at radius 1 is 0.941 bits per heavy atom. The fraction of sp³-hybridized carbons (Fsp3) is 0.875. The summed E-state index contributed by atoms with van der Waals surface area (Å²) in [6, 6.07) is 0.764. The van der Waals surface area contributed by atoms with E-state index in [4.69, 9.17) is 6.42 Å². The smallest absolute Gasteiger partial charge is 0.0660 e. The van der Waals surface area contributed by atoms with Crippen LogP contribution in [0.1, 0.15) is 78.6 Å². The first-order chi connectivity index (χ1) is 8.20. The minimum absolute atomic E-state index is 0.207. The van der Waals surface area contributed by atoms with Gasteiger partial charge in [0.25, 0.3) is 0 Å². The Labute approximate surface area is 109 Å². The molecule has 0 amide bonds. The van der Waals surface area contributed by atoms with Crippen molar-refractivity contribution in [3.8, 4) is 12.3 Å². The van der Waals surface area contributed by atoms with Gasteiger partial charge in [0, 0.05) is 6.04 Å². The van der Waals surface area contributed by atoms with Gasteiger partial charge in [-0.3, -0.25) is 0 Å². The van der Waals surface area contributed by atoms with E-state index in [2.05, 4.69) is 25.1 Å². The van der Waals surface area contributed by atoms with E-state index in [9.17, 15) is 0 Å². The minimum Gasteiger partial charge on any atom is -0.301 e. The van der Waals surface area contributed by atoms with Crippen molar-refractivity contribution in [2.45, 2.75) is 90.6 Å². The molecular formula is C16H31N. The minimum atomic E-state index is 0.207. The molecule has 1 nitrogen and oxygen atoms in total. The number of rotatable bonds is 11. The first kappa shape index (κ1) is 16.5. The maximum atomic E-state index is 5.34. The summed E-state index contributed by atoms with van der Waals surface area (Å²) in [6.07, 6.45) is 17.7. The molecule has 0 spiro atoms. The van der Waals surface area contributed by atoms with Gasteiger partial charge in [-0.1, -0.05) is 64.2 Å². The van der Waals surface area contributed by atoms with Crippen molar-refractivity contribution in [3.63, 3.8) is 0 Å². The van der Waals surface area contributed by atoms with E-state index in [1.165, 1.54) is 57.8 Å². The zero-order chi connectivity index (χ0) is 12.9. The average molecular weight is 237 g/mol. The van der Waals surface area contributed by atoms with Crippen LogP contribution in [0.4, 0.5) is 0 Å². The second kappa shape index (κ2) is 12.0. The first-order valence-electron chi connectivity index (χ1n) is 7.42. The summed E-state index contributed by atoms with van der Waals surface area (Å²) >= 11 is 0. The van der Waals surface area contributed by atoms with Crippen molar-refractivity contribution in [1.29, 1.82) is 0 Å². The zero-order valence-corrected chi connectivity index (χ0v) is 12.1. The predicted molar refractivity (Wildman–Crippen MR) is 78.1 cm³/mol. The molecule has 0 saturated carbocycles. The lowest BCUT2D eigenvalue weighted by molar-refractivity contribution is 0.463. The highest BCUT2D eigenvalue weighted by atomic mass is 14.9. The third-order valence-corrected chi connectivity index (χ3v) is 3.28. The monoisotopic (exact) mass is 237 g/mol. The molecule has 0 aromatic rings. The third-order valence-electron chi connectivity index (χ3n) is 3.28. The van der Waals surface area contributed by atoms with Crippen molar-refractivity contribution < 1.29 is 0 Å². The summed E-state index contributed by atoms with van der Waals surface area (Å²) in [5.74, 6) is 2.71. The molecule has 0 aliphatic heterocycles. The van der Waals surface area contributed by atoms with Crippen LogP contribution in [0.15, 0.2) is 0 Å². The highest BCUT2D eigenvalue weighted by molar-refractivity contribution is 4.96. The van der Waals surface area contributed by atoms with Gasteiger partial charge in [0.15, 0.2) is 0 Å². The van der Waals surface area contributed by atoms with E-state index < -0.39 is 0 Å². The predicted octanol–water partition coefficient (Wildman–Crippen LogP) is 4.52. The summed E-state index contributed by atoms with van der Waals surface area (Å²) in [7, 11) is 0. The molecule has 0 radical (unpaired) electrons. The molecule has 2 unspecified atom stereocenters. The second-order valence-electron chi connectivity index (χ2n) is 5.22. The van der Waals surface area contributed by atoms with Gasteiger partial charge in [0.2, 0.25) is 0 Å². The molecule has 1 heteroatoms. The summed E-state index contributed by atoms with van der Waals surface area (Å²) < 4.78 is 0. The van der Waals surface area contributed by atoms with Crippen LogP contribution >= 0.6 is 0 Å². The number of hydrogen-bond donors (Lipinski definition) is 1. The van der Waals surface area contributed by atoms with Crippen LogP contribution in [-0.4, -0.2) is 12.1 Å². The van der Waals surface area contributed by atoms with Crippen LogP contribution in [0.25, 0.3) is 0 Å². The van der Waals surface area contributed by atoms with E-state index >= 15 is 0 Å². The van der Waals surface area contributed by atoms with Crippen LogP contribution in [0, 0.1) is 12.3 Å². The highest BCUT2D eigenvalue weighted by Crippen LogP contribution is 2.10. The summed E-state index contributed by atoms with van der Waals surface area (Å²) in [4.78, 5) is 0. The van der Waals surface area contributed by atoms with E-state index in [1.54, 1.807) is 0 Å². The number of nitrogens with one attached hydrogen (secondary N) is 1. The Morgan fingerprint density at radius 2 is 1.47 bits per heavy atom. The van der Waals surface area contributed by atoms with Crippen LogP contribution in [0.2, 0.25) is 0 Å². The van der Waals surface area contributed by atoms with Crippen molar-refractivity contribution in [2.75, 3.05) is 0 Å². The molecule has 100 valence electrons. The molecule has 0 aromatic heterocycles. The Kier molecular flexibility index (Phi) is 11.7. The van der Waals surface area contributed by atoms with Gasteiger partial charge in [-0.2, -0.15) is 0 Å². The lowest BCUT2D eigenvalue weighted by Crippen LogP contribution is -2.33. The van der Waals surface area contributed by atoms with Gasteiger partial charge in [-0.25, -0.2) is 0 Å². The molecule has 0 bridgehead atoms. The van der Waals surface area contributed by atoms with Crippen molar-refractivity contribution in [3.05, 3.63) is 0 Å². The van der Waals surface area contributed by atoms with Crippen molar-refractivity contribution >= 4 is 0 Å². The Balaban J connectivity index is 3.20. The van der Waals surface area contributed by atoms with Crippen molar-refractivity contribution in [1.82, 2.24) is 5.32 Å². The molecule has 0 aliphatic rings. The zero-order valence-electron chi connectivity index (χ0n) is 12.1. The molecule has 1 N–H and O–H groups in total. The van der Waals surface area contributed by atoms with Gasteiger partial charge in [0.1, 0.15) is 0 Å². The summed E-state index contributed by atoms with van der Waals surface area (Å²) in [6.45, 7) is 6.55. The average Bonchev–Trinajstić information content (AvgIpc) is 2.32. The van der Waals surface area contributed by atoms with E-state index in [-0.39, 0.29) is 6.04 Å². The highest BCUT2D eigenvalue weighted by Gasteiger charge is 2.03. The number of unbranched alkanes of at least 4 members (excludes halogenated alkanes) is 7. The second-order valence-corrected chi connectivity index (χ2v) is 5.22. The van der Waals surface area contributed by atoms with E-state index in [1.807, 2.05) is 6.92 Å². The number of hydrogen-bond acceptors (Lipinski definition) is 1. The summed E-state index contributed by atoms with van der Waals surface area (Å²) in [5.41, 5.74) is 0. The van der Waals surface area contributed by atoms with Crippen LogP contribution < -0.4 is 5.32 Å². The third kappa shape index (κ3) is 11.8. The molecule has 0 fully saturated rings. The largest absolute Gasteiger partial charge is 0.301 e. The summed E-state index contributed by atoms with van der Waals surface area (Å²) in [5, 5.41) is 3.41. The van der Waals surface area contributed by atoms with Crippen molar-refractivity contribution in [2.24, 2.45) is 0 Å². The molecule has 0 heterocycles. The Morgan fingerprint density at radius 3 is 2.00 bits per heavy atom. The van der Waals surface area contributed by atoms with E-state index in [0.29, 0.717) is 6.04 Å². The van der Waals surface area contributed by atoms with Crippen LogP contribution in [0.5, 0.6) is 0 Å².